The first kappa shape index (κ1) is 11.0. The molecule has 0 fully saturated rings. The highest BCUT2D eigenvalue weighted by molar-refractivity contribution is 6.31. The molecule has 0 atom stereocenters. The van der Waals surface area contributed by atoms with Crippen molar-refractivity contribution in [3.8, 4) is 5.75 Å². The third-order valence-corrected chi connectivity index (χ3v) is 1.91. The van der Waals surface area contributed by atoms with Crippen LogP contribution in [0, 0.1) is 0 Å². The summed E-state index contributed by atoms with van der Waals surface area (Å²) in [6.45, 7) is 0. The average molecular weight is 225 g/mol. The summed E-state index contributed by atoms with van der Waals surface area (Å²) < 4.78 is 41.4. The zero-order valence-electron chi connectivity index (χ0n) is 7.07. The number of ether oxygens (including phenoxy) is 1. The Kier molecular flexibility index (Phi) is 2.80. The van der Waals surface area contributed by atoms with Gasteiger partial charge in [0, 0.05) is 0 Å². The van der Waals surface area contributed by atoms with Crippen molar-refractivity contribution in [1.82, 2.24) is 0 Å². The molecule has 0 heterocycles. The van der Waals surface area contributed by atoms with Crippen LogP contribution in [0.25, 0.3) is 5.73 Å². The highest BCUT2D eigenvalue weighted by atomic mass is 35.5. The molecule has 1 aromatic rings. The normalized spacial score (nSPS) is 11.5. The lowest BCUT2D eigenvalue weighted by atomic mass is 10.2. The Morgan fingerprint density at radius 3 is 2.36 bits per heavy atom. The van der Waals surface area contributed by atoms with Crippen molar-refractivity contribution in [2.24, 2.45) is 0 Å². The van der Waals surface area contributed by atoms with Crippen LogP contribution < -0.4 is 4.74 Å². The van der Waals surface area contributed by atoms with Crippen LogP contribution in [0.15, 0.2) is 12.1 Å². The molecule has 0 bridgehead atoms. The quantitative estimate of drug-likeness (QED) is 0.708. The fraction of sp³-hybridized carbons (Fsp3) is 0.250. The molecule has 0 saturated heterocycles. The molecule has 1 N–H and O–H groups in total. The van der Waals surface area contributed by atoms with E-state index in [-0.39, 0.29) is 11.4 Å². The molecule has 6 heteroatoms. The van der Waals surface area contributed by atoms with E-state index in [1.54, 1.807) is 0 Å². The van der Waals surface area contributed by atoms with Crippen LogP contribution in [0.5, 0.6) is 5.75 Å². The van der Waals surface area contributed by atoms with Gasteiger partial charge in [-0.2, -0.15) is 13.2 Å². The van der Waals surface area contributed by atoms with Crippen LogP contribution >= 0.6 is 11.6 Å². The van der Waals surface area contributed by atoms with Gasteiger partial charge in [0.15, 0.2) is 0 Å². The predicted molar refractivity (Wildman–Crippen MR) is 47.0 cm³/mol. The summed E-state index contributed by atoms with van der Waals surface area (Å²) >= 11 is 5.38. The monoisotopic (exact) mass is 224 g/mol. The molecule has 0 saturated carbocycles. The van der Waals surface area contributed by atoms with E-state index in [1.165, 1.54) is 7.11 Å². The maximum absolute atomic E-state index is 12.3. The van der Waals surface area contributed by atoms with Gasteiger partial charge >= 0.3 is 6.18 Å². The summed E-state index contributed by atoms with van der Waals surface area (Å²) in [5, 5.41) is -0.467. The van der Waals surface area contributed by atoms with Gasteiger partial charge in [-0.15, -0.1) is 0 Å². The SMILES string of the molecule is COc1cc(Cl)c(C(F)(F)F)cc1[NH-]. The van der Waals surface area contributed by atoms with Crippen LogP contribution in [0.1, 0.15) is 5.56 Å². The second kappa shape index (κ2) is 3.57. The fourth-order valence-corrected chi connectivity index (χ4v) is 1.20. The molecule has 0 aromatic heterocycles. The summed E-state index contributed by atoms with van der Waals surface area (Å²) in [6, 6.07) is 1.62. The van der Waals surface area contributed by atoms with Crippen LogP contribution in [-0.4, -0.2) is 7.11 Å². The first-order chi connectivity index (χ1) is 6.36. The van der Waals surface area contributed by atoms with Crippen molar-refractivity contribution in [3.63, 3.8) is 0 Å². The fourth-order valence-electron chi connectivity index (χ4n) is 0.941. The topological polar surface area (TPSA) is 33.0 Å². The molecule has 0 radical (unpaired) electrons. The van der Waals surface area contributed by atoms with E-state index in [2.05, 4.69) is 4.74 Å². The molecule has 0 unspecified atom stereocenters. The van der Waals surface area contributed by atoms with Gasteiger partial charge in [-0.1, -0.05) is 23.4 Å². The molecule has 14 heavy (non-hydrogen) atoms. The number of benzene rings is 1. The first-order valence-corrected chi connectivity index (χ1v) is 3.90. The van der Waals surface area contributed by atoms with Crippen LogP contribution in [-0.2, 0) is 6.18 Å². The zero-order chi connectivity index (χ0) is 10.9. The van der Waals surface area contributed by atoms with Crippen molar-refractivity contribution in [3.05, 3.63) is 28.5 Å². The van der Waals surface area contributed by atoms with Gasteiger partial charge in [-0.05, 0) is 6.07 Å². The third kappa shape index (κ3) is 2.04. The van der Waals surface area contributed by atoms with Gasteiger partial charge < -0.3 is 10.5 Å². The highest BCUT2D eigenvalue weighted by Gasteiger charge is 2.33. The number of methoxy groups -OCH3 is 1. The van der Waals surface area contributed by atoms with Crippen LogP contribution in [0.4, 0.5) is 18.9 Å². The number of halogens is 4. The molecule has 0 aliphatic carbocycles. The standard InChI is InChI=1S/C8H6ClF3NO/c1-14-7-3-5(9)4(2-6(7)13)8(10,11)12/h2-3,13H,1H3/q-1. The summed E-state index contributed by atoms with van der Waals surface area (Å²) in [7, 11) is 1.26. The van der Waals surface area contributed by atoms with Crippen LogP contribution in [0.3, 0.4) is 0 Å². The van der Waals surface area contributed by atoms with Crippen molar-refractivity contribution in [2.75, 3.05) is 7.11 Å². The van der Waals surface area contributed by atoms with Gasteiger partial charge in [0.2, 0.25) is 0 Å². The van der Waals surface area contributed by atoms with E-state index in [4.69, 9.17) is 17.3 Å². The average Bonchev–Trinajstić information content (AvgIpc) is 2.06. The Bertz CT molecular complexity index is 351. The van der Waals surface area contributed by atoms with Gasteiger partial charge in [0.25, 0.3) is 0 Å². The van der Waals surface area contributed by atoms with Crippen molar-refractivity contribution in [1.29, 1.82) is 0 Å². The lowest BCUT2D eigenvalue weighted by Crippen LogP contribution is -2.05. The maximum Gasteiger partial charge on any atom is 0.417 e. The van der Waals surface area contributed by atoms with Gasteiger partial charge in [0.1, 0.15) is 5.75 Å². The van der Waals surface area contributed by atoms with Gasteiger partial charge in [-0.25, -0.2) is 0 Å². The Labute approximate surface area is 83.4 Å². The number of hydrogen-bond donors (Lipinski definition) is 0. The second-order valence-corrected chi connectivity index (χ2v) is 2.94. The summed E-state index contributed by atoms with van der Waals surface area (Å²) in [4.78, 5) is 0. The Hall–Kier alpha value is -1.10. The molecule has 1 rings (SSSR count). The lowest BCUT2D eigenvalue weighted by Gasteiger charge is -2.16. The van der Waals surface area contributed by atoms with E-state index in [0.717, 1.165) is 6.07 Å². The molecule has 0 spiro atoms. The van der Waals surface area contributed by atoms with Crippen LogP contribution in [0.2, 0.25) is 5.02 Å². The third-order valence-electron chi connectivity index (χ3n) is 1.59. The van der Waals surface area contributed by atoms with Crippen molar-refractivity contribution < 1.29 is 17.9 Å². The van der Waals surface area contributed by atoms with E-state index in [0.29, 0.717) is 6.07 Å². The molecule has 0 aliphatic heterocycles. The lowest BCUT2D eigenvalue weighted by molar-refractivity contribution is -0.137. The number of nitrogens with one attached hydrogen (secondary N) is 1. The van der Waals surface area contributed by atoms with E-state index in [1.807, 2.05) is 0 Å². The van der Waals surface area contributed by atoms with E-state index in [9.17, 15) is 13.2 Å². The molecule has 0 amide bonds. The maximum atomic E-state index is 12.3. The highest BCUT2D eigenvalue weighted by Crippen LogP contribution is 2.40. The minimum absolute atomic E-state index is 0.0167. The van der Waals surface area contributed by atoms with Crippen molar-refractivity contribution >= 4 is 17.3 Å². The molecule has 1 aromatic carbocycles. The zero-order valence-corrected chi connectivity index (χ0v) is 7.83. The van der Waals surface area contributed by atoms with E-state index >= 15 is 0 Å². The van der Waals surface area contributed by atoms with Crippen molar-refractivity contribution in [2.45, 2.75) is 6.18 Å². The number of rotatable bonds is 1. The summed E-state index contributed by atoms with van der Waals surface area (Å²) in [5.41, 5.74) is 5.84. The number of alkyl halides is 3. The van der Waals surface area contributed by atoms with Gasteiger partial charge in [-0.3, -0.25) is 0 Å². The first-order valence-electron chi connectivity index (χ1n) is 3.52. The molecular formula is C8H6ClF3NO-. The smallest absolute Gasteiger partial charge is 0.417 e. The molecule has 0 aliphatic rings. The second-order valence-electron chi connectivity index (χ2n) is 2.53. The molecule has 78 valence electrons. The van der Waals surface area contributed by atoms with Gasteiger partial charge in [0.05, 0.1) is 17.7 Å². The largest absolute Gasteiger partial charge is 0.696 e. The Morgan fingerprint density at radius 2 is 1.93 bits per heavy atom. The summed E-state index contributed by atoms with van der Waals surface area (Å²) in [6.07, 6.45) is -4.54. The minimum atomic E-state index is -4.54. The molecular weight excluding hydrogens is 219 g/mol. The Morgan fingerprint density at radius 1 is 1.36 bits per heavy atom. The molecule has 2 nitrogen and oxygen atoms in total. The Balaban J connectivity index is 3.29. The summed E-state index contributed by atoms with van der Waals surface area (Å²) in [5.74, 6) is 0.0167. The van der Waals surface area contributed by atoms with E-state index < -0.39 is 16.8 Å². The predicted octanol–water partition coefficient (Wildman–Crippen LogP) is 4.05. The number of hydrogen-bond acceptors (Lipinski definition) is 1. The minimum Gasteiger partial charge on any atom is -0.696 e.